The molecule has 5 nitrogen and oxygen atoms in total. The van der Waals surface area contributed by atoms with Crippen molar-refractivity contribution >= 4 is 17.4 Å². The molecule has 114 valence electrons. The number of nitrogens with zero attached hydrogens (tertiary/aromatic N) is 1. The predicted octanol–water partition coefficient (Wildman–Crippen LogP) is 1.51. The molecular weight excluding hydrogens is 266 g/mol. The fourth-order valence-electron chi connectivity index (χ4n) is 2.65. The lowest BCUT2D eigenvalue weighted by Gasteiger charge is -2.31. The van der Waals surface area contributed by atoms with Crippen LogP contribution in [0.15, 0.2) is 24.3 Å². The van der Waals surface area contributed by atoms with Crippen LogP contribution in [0.5, 0.6) is 0 Å². The van der Waals surface area contributed by atoms with Gasteiger partial charge in [-0.25, -0.2) is 0 Å². The van der Waals surface area contributed by atoms with Gasteiger partial charge in [-0.3, -0.25) is 14.5 Å². The van der Waals surface area contributed by atoms with Gasteiger partial charge < -0.3 is 10.6 Å². The number of likely N-dealkylation sites (tertiary alicyclic amines) is 1. The van der Waals surface area contributed by atoms with Crippen LogP contribution in [-0.2, 0) is 4.79 Å². The number of amides is 1. The van der Waals surface area contributed by atoms with Gasteiger partial charge in [0.05, 0.1) is 6.54 Å². The number of carbonyl (C=O) groups excluding carboxylic acids is 2. The number of hydrogen-bond acceptors (Lipinski definition) is 4. The fraction of sp³-hybridized carbons (Fsp3) is 0.500. The highest BCUT2D eigenvalue weighted by Crippen LogP contribution is 2.12. The highest BCUT2D eigenvalue weighted by molar-refractivity contribution is 5.97. The summed E-state index contributed by atoms with van der Waals surface area (Å²) in [4.78, 5) is 25.6. The van der Waals surface area contributed by atoms with Crippen LogP contribution in [0, 0.1) is 0 Å². The summed E-state index contributed by atoms with van der Waals surface area (Å²) in [5.41, 5.74) is 1.29. The zero-order chi connectivity index (χ0) is 15.2. The van der Waals surface area contributed by atoms with Crippen molar-refractivity contribution in [3.8, 4) is 0 Å². The van der Waals surface area contributed by atoms with E-state index in [2.05, 4.69) is 15.5 Å². The summed E-state index contributed by atoms with van der Waals surface area (Å²) in [6, 6.07) is 7.52. The standard InChI is InChI=1S/C16H23N3O2/c1-12(20)13-5-3-6-14(9-13)18-16(21)11-19-8-4-7-15(10-19)17-2/h3,5-6,9,15,17H,4,7-8,10-11H2,1-2H3,(H,18,21). The Hall–Kier alpha value is -1.72. The van der Waals surface area contributed by atoms with E-state index in [-0.39, 0.29) is 11.7 Å². The SMILES string of the molecule is CNC1CCCN(CC(=O)Nc2cccc(C(C)=O)c2)C1. The minimum absolute atomic E-state index is 0.000934. The third-order valence-electron chi connectivity index (χ3n) is 3.83. The maximum Gasteiger partial charge on any atom is 0.238 e. The Balaban J connectivity index is 1.89. The van der Waals surface area contributed by atoms with Crippen LogP contribution in [0.2, 0.25) is 0 Å². The summed E-state index contributed by atoms with van der Waals surface area (Å²) in [6.07, 6.45) is 2.27. The van der Waals surface area contributed by atoms with E-state index in [0.29, 0.717) is 23.8 Å². The molecule has 1 aromatic rings. The van der Waals surface area contributed by atoms with Crippen LogP contribution in [0.4, 0.5) is 5.69 Å². The second kappa shape index (κ2) is 7.33. The Morgan fingerprint density at radius 3 is 2.90 bits per heavy atom. The molecule has 0 aromatic heterocycles. The van der Waals surface area contributed by atoms with Crippen molar-refractivity contribution in [3.63, 3.8) is 0 Å². The second-order valence-electron chi connectivity index (χ2n) is 5.55. The lowest BCUT2D eigenvalue weighted by Crippen LogP contribution is -2.46. The van der Waals surface area contributed by atoms with Gasteiger partial charge in [-0.2, -0.15) is 0 Å². The van der Waals surface area contributed by atoms with Crippen LogP contribution in [0.3, 0.4) is 0 Å². The van der Waals surface area contributed by atoms with E-state index >= 15 is 0 Å². The number of anilines is 1. The summed E-state index contributed by atoms with van der Waals surface area (Å²) >= 11 is 0. The molecule has 21 heavy (non-hydrogen) atoms. The summed E-state index contributed by atoms with van der Waals surface area (Å²) < 4.78 is 0. The minimum Gasteiger partial charge on any atom is -0.325 e. The van der Waals surface area contributed by atoms with E-state index in [1.807, 2.05) is 7.05 Å². The molecule has 0 radical (unpaired) electrons. The fourth-order valence-corrected chi connectivity index (χ4v) is 2.65. The summed E-state index contributed by atoms with van der Waals surface area (Å²) in [5.74, 6) is -0.0357. The molecule has 0 spiro atoms. The number of nitrogens with one attached hydrogen (secondary N) is 2. The molecule has 1 saturated heterocycles. The van der Waals surface area contributed by atoms with Gasteiger partial charge in [0, 0.05) is 23.8 Å². The molecule has 1 aliphatic rings. The van der Waals surface area contributed by atoms with Gasteiger partial charge in [0.1, 0.15) is 0 Å². The first-order valence-corrected chi connectivity index (χ1v) is 7.39. The van der Waals surface area contributed by atoms with Gasteiger partial charge in [-0.1, -0.05) is 12.1 Å². The molecule has 1 aliphatic heterocycles. The van der Waals surface area contributed by atoms with E-state index in [1.54, 1.807) is 24.3 Å². The van der Waals surface area contributed by atoms with E-state index < -0.39 is 0 Å². The maximum absolute atomic E-state index is 12.1. The largest absolute Gasteiger partial charge is 0.325 e. The van der Waals surface area contributed by atoms with Crippen LogP contribution < -0.4 is 10.6 Å². The molecule has 0 saturated carbocycles. The first-order valence-electron chi connectivity index (χ1n) is 7.39. The normalized spacial score (nSPS) is 19.2. The van der Waals surface area contributed by atoms with Crippen LogP contribution in [-0.4, -0.2) is 49.3 Å². The molecule has 2 rings (SSSR count). The highest BCUT2D eigenvalue weighted by Gasteiger charge is 2.20. The number of Topliss-reactive ketones (excluding diaryl/α,β-unsaturated/α-hetero) is 1. The van der Waals surface area contributed by atoms with E-state index in [0.717, 1.165) is 25.9 Å². The number of likely N-dealkylation sites (N-methyl/N-ethyl adjacent to an activating group) is 1. The minimum atomic E-state index is -0.0348. The molecule has 1 unspecified atom stereocenters. The van der Waals surface area contributed by atoms with Crippen LogP contribution in [0.25, 0.3) is 0 Å². The van der Waals surface area contributed by atoms with Gasteiger partial charge in [0.15, 0.2) is 5.78 Å². The first-order chi connectivity index (χ1) is 10.1. The van der Waals surface area contributed by atoms with Crippen molar-refractivity contribution in [3.05, 3.63) is 29.8 Å². The van der Waals surface area contributed by atoms with E-state index in [9.17, 15) is 9.59 Å². The molecule has 1 heterocycles. The summed E-state index contributed by atoms with van der Waals surface area (Å²) in [5, 5.41) is 6.13. The number of piperidine rings is 1. The molecule has 0 aliphatic carbocycles. The quantitative estimate of drug-likeness (QED) is 0.807. The van der Waals surface area contributed by atoms with Crippen molar-refractivity contribution in [2.24, 2.45) is 0 Å². The highest BCUT2D eigenvalue weighted by atomic mass is 16.2. The molecular formula is C16H23N3O2. The lowest BCUT2D eigenvalue weighted by molar-refractivity contribution is -0.117. The third-order valence-corrected chi connectivity index (χ3v) is 3.83. The van der Waals surface area contributed by atoms with Gasteiger partial charge in [-0.15, -0.1) is 0 Å². The summed E-state index contributed by atoms with van der Waals surface area (Å²) in [6.45, 7) is 3.77. The van der Waals surface area contributed by atoms with Gasteiger partial charge in [-0.05, 0) is 45.5 Å². The Morgan fingerprint density at radius 2 is 2.19 bits per heavy atom. The lowest BCUT2D eigenvalue weighted by atomic mass is 10.1. The Kier molecular flexibility index (Phi) is 5.47. The van der Waals surface area contributed by atoms with Crippen LogP contribution in [0.1, 0.15) is 30.1 Å². The average Bonchev–Trinajstić information content (AvgIpc) is 2.47. The Bertz CT molecular complexity index is 516. The first kappa shape index (κ1) is 15.7. The predicted molar refractivity (Wildman–Crippen MR) is 83.6 cm³/mol. The number of benzene rings is 1. The number of ketones is 1. The zero-order valence-corrected chi connectivity index (χ0v) is 12.7. The number of hydrogen-bond donors (Lipinski definition) is 2. The van der Waals surface area contributed by atoms with Gasteiger partial charge in [0.2, 0.25) is 5.91 Å². The number of rotatable bonds is 5. The Morgan fingerprint density at radius 1 is 1.38 bits per heavy atom. The van der Waals surface area contributed by atoms with Crippen molar-refractivity contribution in [2.45, 2.75) is 25.8 Å². The molecule has 1 aromatic carbocycles. The van der Waals surface area contributed by atoms with Crippen molar-refractivity contribution in [1.29, 1.82) is 0 Å². The molecule has 1 fully saturated rings. The number of carbonyl (C=O) groups is 2. The molecule has 1 amide bonds. The molecule has 5 heteroatoms. The van der Waals surface area contributed by atoms with Crippen LogP contribution >= 0.6 is 0 Å². The van der Waals surface area contributed by atoms with Crippen molar-refractivity contribution in [1.82, 2.24) is 10.2 Å². The average molecular weight is 289 g/mol. The zero-order valence-electron chi connectivity index (χ0n) is 12.7. The monoisotopic (exact) mass is 289 g/mol. The molecule has 2 N–H and O–H groups in total. The van der Waals surface area contributed by atoms with E-state index in [1.165, 1.54) is 6.92 Å². The molecule has 1 atom stereocenters. The maximum atomic E-state index is 12.1. The van der Waals surface area contributed by atoms with Crippen molar-refractivity contribution < 1.29 is 9.59 Å². The topological polar surface area (TPSA) is 61.4 Å². The Labute approximate surface area is 125 Å². The van der Waals surface area contributed by atoms with Gasteiger partial charge >= 0.3 is 0 Å². The second-order valence-corrected chi connectivity index (χ2v) is 5.55. The third kappa shape index (κ3) is 4.65. The van der Waals surface area contributed by atoms with Gasteiger partial charge in [0.25, 0.3) is 0 Å². The summed E-state index contributed by atoms with van der Waals surface area (Å²) in [7, 11) is 1.96. The smallest absolute Gasteiger partial charge is 0.238 e. The van der Waals surface area contributed by atoms with E-state index in [4.69, 9.17) is 0 Å². The molecule has 0 bridgehead atoms. The van der Waals surface area contributed by atoms with Crippen molar-refractivity contribution in [2.75, 3.05) is 32.0 Å².